The van der Waals surface area contributed by atoms with Crippen LogP contribution in [0.2, 0.25) is 0 Å². The molecule has 0 heterocycles. The molecule has 0 saturated heterocycles. The summed E-state index contributed by atoms with van der Waals surface area (Å²) in [5, 5.41) is 2.44. The lowest BCUT2D eigenvalue weighted by Gasteiger charge is -2.13. The quantitative estimate of drug-likeness (QED) is 0.509. The van der Waals surface area contributed by atoms with E-state index in [1.54, 1.807) is 24.3 Å². The van der Waals surface area contributed by atoms with Crippen LogP contribution in [0.25, 0.3) is 0 Å². The van der Waals surface area contributed by atoms with E-state index in [4.69, 9.17) is 21.7 Å². The molecule has 0 aromatic heterocycles. The van der Waals surface area contributed by atoms with Gasteiger partial charge in [-0.1, -0.05) is 18.2 Å². The number of hydrazine groups is 1. The summed E-state index contributed by atoms with van der Waals surface area (Å²) in [5.41, 5.74) is 7.29. The van der Waals surface area contributed by atoms with Gasteiger partial charge >= 0.3 is 0 Å². The zero-order valence-electron chi connectivity index (χ0n) is 16.0. The first-order chi connectivity index (χ1) is 13.4. The summed E-state index contributed by atoms with van der Waals surface area (Å²) in [7, 11) is 0. The second-order valence-electron chi connectivity index (χ2n) is 6.00. The van der Waals surface area contributed by atoms with Gasteiger partial charge < -0.3 is 9.47 Å². The second-order valence-corrected chi connectivity index (χ2v) is 6.41. The molecular weight excluding hydrogens is 378 g/mol. The third kappa shape index (κ3) is 6.55. The Bertz CT molecular complexity index is 850. The van der Waals surface area contributed by atoms with Crippen molar-refractivity contribution >= 4 is 29.1 Å². The molecule has 0 spiro atoms. The Morgan fingerprint density at radius 3 is 2.36 bits per heavy atom. The number of carbonyl (C=O) groups is 2. The minimum absolute atomic E-state index is 0.0453. The third-order valence-electron chi connectivity index (χ3n) is 3.54. The van der Waals surface area contributed by atoms with Crippen molar-refractivity contribution < 1.29 is 19.1 Å². The van der Waals surface area contributed by atoms with Crippen LogP contribution in [0.1, 0.15) is 28.4 Å². The number of rotatable bonds is 6. The van der Waals surface area contributed by atoms with Gasteiger partial charge in [-0.05, 0) is 68.4 Å². The summed E-state index contributed by atoms with van der Waals surface area (Å²) in [6.45, 7) is 5.97. The topological polar surface area (TPSA) is 88.7 Å². The third-order valence-corrected chi connectivity index (χ3v) is 3.74. The van der Waals surface area contributed by atoms with Gasteiger partial charge in [0.25, 0.3) is 11.8 Å². The van der Waals surface area contributed by atoms with E-state index in [0.717, 1.165) is 11.1 Å². The fourth-order valence-electron chi connectivity index (χ4n) is 2.46. The molecule has 3 N–H and O–H groups in total. The van der Waals surface area contributed by atoms with Crippen molar-refractivity contribution in [2.45, 2.75) is 20.8 Å². The second kappa shape index (κ2) is 10.3. The van der Waals surface area contributed by atoms with Gasteiger partial charge in [-0.25, -0.2) is 0 Å². The summed E-state index contributed by atoms with van der Waals surface area (Å²) in [4.78, 5) is 24.2. The maximum atomic E-state index is 12.3. The summed E-state index contributed by atoms with van der Waals surface area (Å²) in [6, 6.07) is 12.5. The highest BCUT2D eigenvalue weighted by atomic mass is 32.1. The van der Waals surface area contributed by atoms with Gasteiger partial charge in [0.05, 0.1) is 12.2 Å². The van der Waals surface area contributed by atoms with Gasteiger partial charge in [0.2, 0.25) is 0 Å². The van der Waals surface area contributed by atoms with Crippen molar-refractivity contribution in [2.24, 2.45) is 0 Å². The number of hydrogen-bond acceptors (Lipinski definition) is 5. The summed E-state index contributed by atoms with van der Waals surface area (Å²) < 4.78 is 10.9. The normalized spacial score (nSPS) is 9.96. The van der Waals surface area contributed by atoms with Crippen LogP contribution < -0.4 is 25.6 Å². The van der Waals surface area contributed by atoms with Gasteiger partial charge in [-0.15, -0.1) is 0 Å². The van der Waals surface area contributed by atoms with Crippen LogP contribution in [-0.4, -0.2) is 30.1 Å². The molecule has 2 rings (SSSR count). The number of para-hydroxylation sites is 1. The molecule has 8 heteroatoms. The van der Waals surface area contributed by atoms with Crippen LogP contribution in [0.3, 0.4) is 0 Å². The van der Waals surface area contributed by atoms with E-state index >= 15 is 0 Å². The minimum Gasteiger partial charge on any atom is -0.493 e. The molecule has 0 atom stereocenters. The Labute approximate surface area is 169 Å². The van der Waals surface area contributed by atoms with Crippen LogP contribution in [0, 0.1) is 13.8 Å². The van der Waals surface area contributed by atoms with Gasteiger partial charge in [0.15, 0.2) is 11.7 Å². The number of thiocarbonyl (C=S) groups is 1. The molecule has 0 radical (unpaired) electrons. The number of ether oxygens (including phenoxy) is 2. The SMILES string of the molecule is CCOc1ccccc1C(=O)NC(=S)NNC(=O)COc1cc(C)cc(C)c1. The molecule has 0 fully saturated rings. The highest BCUT2D eigenvalue weighted by Gasteiger charge is 2.13. The lowest BCUT2D eigenvalue weighted by molar-refractivity contribution is -0.123. The molecule has 2 amide bonds. The molecule has 0 aliphatic heterocycles. The Morgan fingerprint density at radius 1 is 1.00 bits per heavy atom. The van der Waals surface area contributed by atoms with Crippen molar-refractivity contribution in [1.29, 1.82) is 0 Å². The number of aryl methyl sites for hydroxylation is 2. The van der Waals surface area contributed by atoms with E-state index in [1.165, 1.54) is 0 Å². The number of hydrogen-bond donors (Lipinski definition) is 3. The van der Waals surface area contributed by atoms with E-state index in [1.807, 2.05) is 39.0 Å². The fraction of sp³-hybridized carbons (Fsp3) is 0.250. The molecular formula is C20H23N3O4S. The zero-order valence-corrected chi connectivity index (χ0v) is 16.8. The van der Waals surface area contributed by atoms with Crippen molar-refractivity contribution in [2.75, 3.05) is 13.2 Å². The molecule has 0 saturated carbocycles. The standard InChI is InChI=1S/C20H23N3O4S/c1-4-26-17-8-6-5-7-16(17)19(25)21-20(28)23-22-18(24)12-27-15-10-13(2)9-14(3)11-15/h5-11H,4,12H2,1-3H3,(H,22,24)(H2,21,23,25,28). The Balaban J connectivity index is 1.80. The largest absolute Gasteiger partial charge is 0.493 e. The minimum atomic E-state index is -0.442. The average Bonchev–Trinajstić information content (AvgIpc) is 2.64. The predicted molar refractivity (Wildman–Crippen MR) is 110 cm³/mol. The van der Waals surface area contributed by atoms with E-state index in [-0.39, 0.29) is 11.7 Å². The lowest BCUT2D eigenvalue weighted by atomic mass is 10.1. The van der Waals surface area contributed by atoms with E-state index in [2.05, 4.69) is 16.2 Å². The number of nitrogens with one attached hydrogen (secondary N) is 3. The van der Waals surface area contributed by atoms with E-state index in [0.29, 0.717) is 23.7 Å². The molecule has 0 aliphatic rings. The molecule has 148 valence electrons. The van der Waals surface area contributed by atoms with Crippen molar-refractivity contribution in [3.63, 3.8) is 0 Å². The van der Waals surface area contributed by atoms with Crippen LogP contribution >= 0.6 is 12.2 Å². The first-order valence-corrected chi connectivity index (χ1v) is 9.13. The fourth-order valence-corrected chi connectivity index (χ4v) is 2.61. The molecule has 0 bridgehead atoms. The van der Waals surface area contributed by atoms with Crippen LogP contribution in [-0.2, 0) is 4.79 Å². The van der Waals surface area contributed by atoms with Crippen LogP contribution in [0.15, 0.2) is 42.5 Å². The molecule has 7 nitrogen and oxygen atoms in total. The van der Waals surface area contributed by atoms with E-state index in [9.17, 15) is 9.59 Å². The first-order valence-electron chi connectivity index (χ1n) is 8.72. The molecule has 2 aromatic rings. The summed E-state index contributed by atoms with van der Waals surface area (Å²) in [5.74, 6) is 0.181. The van der Waals surface area contributed by atoms with E-state index < -0.39 is 11.8 Å². The predicted octanol–water partition coefficient (Wildman–Crippen LogP) is 2.42. The van der Waals surface area contributed by atoms with Crippen molar-refractivity contribution in [1.82, 2.24) is 16.2 Å². The van der Waals surface area contributed by atoms with Gasteiger partial charge in [-0.2, -0.15) is 0 Å². The summed E-state index contributed by atoms with van der Waals surface area (Å²) >= 11 is 5.03. The summed E-state index contributed by atoms with van der Waals surface area (Å²) in [6.07, 6.45) is 0. The zero-order chi connectivity index (χ0) is 20.5. The number of amides is 2. The Hall–Kier alpha value is -3.13. The van der Waals surface area contributed by atoms with Crippen molar-refractivity contribution in [3.05, 3.63) is 59.2 Å². The first kappa shape index (κ1) is 21.2. The van der Waals surface area contributed by atoms with Gasteiger partial charge in [-0.3, -0.25) is 25.8 Å². The van der Waals surface area contributed by atoms with Crippen molar-refractivity contribution in [3.8, 4) is 11.5 Å². The Kier molecular flexibility index (Phi) is 7.76. The molecule has 28 heavy (non-hydrogen) atoms. The monoisotopic (exact) mass is 401 g/mol. The van der Waals surface area contributed by atoms with Crippen LogP contribution in [0.4, 0.5) is 0 Å². The molecule has 0 unspecified atom stereocenters. The number of benzene rings is 2. The Morgan fingerprint density at radius 2 is 1.68 bits per heavy atom. The molecule has 0 aliphatic carbocycles. The van der Waals surface area contributed by atoms with Gasteiger partial charge in [0.1, 0.15) is 11.5 Å². The maximum Gasteiger partial charge on any atom is 0.276 e. The smallest absolute Gasteiger partial charge is 0.276 e. The highest BCUT2D eigenvalue weighted by molar-refractivity contribution is 7.80. The molecule has 2 aromatic carbocycles. The van der Waals surface area contributed by atoms with Crippen LogP contribution in [0.5, 0.6) is 11.5 Å². The number of carbonyl (C=O) groups excluding carboxylic acids is 2. The van der Waals surface area contributed by atoms with Gasteiger partial charge in [0, 0.05) is 0 Å². The highest BCUT2D eigenvalue weighted by Crippen LogP contribution is 2.17. The average molecular weight is 401 g/mol. The maximum absolute atomic E-state index is 12.3. The lowest BCUT2D eigenvalue weighted by Crippen LogP contribution is -2.49.